The Labute approximate surface area is 159 Å². The van der Waals surface area contributed by atoms with Crippen molar-refractivity contribution in [2.75, 3.05) is 6.54 Å². The number of rotatable bonds is 7. The molecule has 1 aliphatic rings. The average Bonchev–Trinajstić information content (AvgIpc) is 3.15. The summed E-state index contributed by atoms with van der Waals surface area (Å²) in [6, 6.07) is 8.31. The Morgan fingerprint density at radius 2 is 2.00 bits per heavy atom. The van der Waals surface area contributed by atoms with Crippen LogP contribution in [-0.2, 0) is 11.2 Å². The van der Waals surface area contributed by atoms with Crippen LogP contribution in [0.15, 0.2) is 29.4 Å². The zero-order valence-electron chi connectivity index (χ0n) is 15.6. The normalized spacial score (nSPS) is 16.4. The van der Waals surface area contributed by atoms with Gasteiger partial charge in [-0.3, -0.25) is 9.89 Å². The van der Waals surface area contributed by atoms with Crippen molar-refractivity contribution < 1.29 is 4.79 Å². The van der Waals surface area contributed by atoms with Gasteiger partial charge in [-0.25, -0.2) is 4.98 Å². The molecule has 1 aromatic heterocycles. The molecular formula is C20H28N4OS. The van der Waals surface area contributed by atoms with E-state index >= 15 is 0 Å². The van der Waals surface area contributed by atoms with Gasteiger partial charge < -0.3 is 5.32 Å². The Bertz CT molecular complexity index is 707. The number of hydrogen-bond acceptors (Lipinski definition) is 4. The predicted octanol–water partition coefficient (Wildman–Crippen LogP) is 4.21. The van der Waals surface area contributed by atoms with Gasteiger partial charge in [0.05, 0.1) is 5.25 Å². The molecule has 0 aliphatic heterocycles. The summed E-state index contributed by atoms with van der Waals surface area (Å²) in [5.74, 6) is 1.45. The van der Waals surface area contributed by atoms with E-state index in [1.165, 1.54) is 49.4 Å². The fourth-order valence-corrected chi connectivity index (χ4v) is 4.07. The second kappa shape index (κ2) is 9.21. The van der Waals surface area contributed by atoms with Crippen molar-refractivity contribution in [1.29, 1.82) is 0 Å². The van der Waals surface area contributed by atoms with E-state index in [1.54, 1.807) is 0 Å². The number of aromatic nitrogens is 3. The van der Waals surface area contributed by atoms with Crippen molar-refractivity contribution in [1.82, 2.24) is 20.5 Å². The quantitative estimate of drug-likeness (QED) is 0.714. The molecule has 0 saturated heterocycles. The van der Waals surface area contributed by atoms with Gasteiger partial charge in [0.25, 0.3) is 0 Å². The summed E-state index contributed by atoms with van der Waals surface area (Å²) < 4.78 is 0. The topological polar surface area (TPSA) is 70.7 Å². The third-order valence-electron chi connectivity index (χ3n) is 5.04. The van der Waals surface area contributed by atoms with E-state index in [4.69, 9.17) is 0 Å². The number of carbonyl (C=O) groups is 1. The number of carbonyl (C=O) groups excluding carboxylic acids is 1. The fourth-order valence-electron chi connectivity index (χ4n) is 3.32. The summed E-state index contributed by atoms with van der Waals surface area (Å²) in [7, 11) is 0. The van der Waals surface area contributed by atoms with Crippen LogP contribution in [0.4, 0.5) is 0 Å². The van der Waals surface area contributed by atoms with Crippen molar-refractivity contribution in [3.05, 3.63) is 29.8 Å². The largest absolute Gasteiger partial charge is 0.355 e. The lowest BCUT2D eigenvalue weighted by atomic mass is 9.89. The van der Waals surface area contributed by atoms with Crippen LogP contribution in [-0.4, -0.2) is 32.9 Å². The number of hydrogen-bond donors (Lipinski definition) is 2. The number of benzene rings is 1. The molecule has 1 saturated carbocycles. The molecule has 6 heteroatoms. The molecule has 0 unspecified atom stereocenters. The van der Waals surface area contributed by atoms with Gasteiger partial charge in [-0.1, -0.05) is 62.2 Å². The number of aryl methyl sites for hydroxylation is 1. The van der Waals surface area contributed by atoms with Gasteiger partial charge in [0.15, 0.2) is 5.82 Å². The maximum Gasteiger partial charge on any atom is 0.233 e. The van der Waals surface area contributed by atoms with Crippen molar-refractivity contribution in [2.24, 2.45) is 5.92 Å². The molecule has 1 aromatic carbocycles. The van der Waals surface area contributed by atoms with Crippen LogP contribution in [0.1, 0.15) is 51.5 Å². The number of nitrogens with zero attached hydrogens (tertiary/aromatic N) is 2. The van der Waals surface area contributed by atoms with Gasteiger partial charge in [-0.15, -0.1) is 5.10 Å². The van der Waals surface area contributed by atoms with Gasteiger partial charge >= 0.3 is 0 Å². The summed E-state index contributed by atoms with van der Waals surface area (Å²) in [4.78, 5) is 16.9. The zero-order chi connectivity index (χ0) is 18.4. The lowest BCUT2D eigenvalue weighted by Gasteiger charge is -2.22. The Morgan fingerprint density at radius 3 is 2.69 bits per heavy atom. The van der Waals surface area contributed by atoms with Gasteiger partial charge in [-0.2, -0.15) is 0 Å². The minimum absolute atomic E-state index is 0.0687. The highest BCUT2D eigenvalue weighted by Gasteiger charge is 2.19. The summed E-state index contributed by atoms with van der Waals surface area (Å²) in [5, 5.41) is 10.7. The molecule has 0 bridgehead atoms. The summed E-state index contributed by atoms with van der Waals surface area (Å²) in [6.07, 6.45) is 7.43. The molecule has 0 spiro atoms. The molecule has 2 N–H and O–H groups in total. The van der Waals surface area contributed by atoms with E-state index in [1.807, 2.05) is 19.1 Å². The molecular weight excluding hydrogens is 344 g/mol. The highest BCUT2D eigenvalue weighted by atomic mass is 32.2. The molecule has 1 atom stereocenters. The van der Waals surface area contributed by atoms with Crippen molar-refractivity contribution in [3.8, 4) is 11.4 Å². The molecule has 1 aliphatic carbocycles. The van der Waals surface area contributed by atoms with Crippen LogP contribution in [0.3, 0.4) is 0 Å². The number of aromatic amines is 1. The third kappa shape index (κ3) is 5.10. The molecule has 2 aromatic rings. The molecule has 1 amide bonds. The molecule has 1 fully saturated rings. The maximum atomic E-state index is 12.3. The molecule has 26 heavy (non-hydrogen) atoms. The third-order valence-corrected chi connectivity index (χ3v) is 6.00. The highest BCUT2D eigenvalue weighted by Crippen LogP contribution is 2.25. The van der Waals surface area contributed by atoms with Gasteiger partial charge in [0.2, 0.25) is 11.1 Å². The van der Waals surface area contributed by atoms with Crippen molar-refractivity contribution in [3.63, 3.8) is 0 Å². The number of nitrogens with one attached hydrogen (secondary N) is 2. The minimum atomic E-state index is -0.204. The average molecular weight is 373 g/mol. The maximum absolute atomic E-state index is 12.3. The Kier molecular flexibility index (Phi) is 6.72. The van der Waals surface area contributed by atoms with E-state index in [0.717, 1.165) is 24.4 Å². The fraction of sp³-hybridized carbons (Fsp3) is 0.550. The number of thioether (sulfide) groups is 1. The number of H-pyrrole nitrogens is 1. The Hall–Kier alpha value is -1.82. The van der Waals surface area contributed by atoms with Gasteiger partial charge in [0.1, 0.15) is 0 Å². The first-order valence-corrected chi connectivity index (χ1v) is 10.5. The van der Waals surface area contributed by atoms with E-state index in [9.17, 15) is 4.79 Å². The standard InChI is InChI=1S/C20H28N4OS/c1-3-15-9-11-17(12-10-15)18-22-20(24-23-18)26-14(2)19(25)21-13-16-7-5-4-6-8-16/h9-12,14,16H,3-8,13H2,1-2H3,(H,21,25)(H,22,23,24)/t14-/m0/s1. The molecule has 140 valence electrons. The molecule has 0 radical (unpaired) electrons. The molecule has 1 heterocycles. The van der Waals surface area contributed by atoms with Crippen LogP contribution in [0.2, 0.25) is 0 Å². The first-order valence-electron chi connectivity index (χ1n) is 9.61. The summed E-state index contributed by atoms with van der Waals surface area (Å²) in [5.41, 5.74) is 2.31. The first-order chi connectivity index (χ1) is 12.7. The predicted molar refractivity (Wildman–Crippen MR) is 106 cm³/mol. The summed E-state index contributed by atoms with van der Waals surface area (Å²) >= 11 is 1.40. The smallest absolute Gasteiger partial charge is 0.233 e. The van der Waals surface area contributed by atoms with E-state index in [0.29, 0.717) is 11.1 Å². The van der Waals surface area contributed by atoms with Crippen LogP contribution >= 0.6 is 11.8 Å². The van der Waals surface area contributed by atoms with Crippen LogP contribution in [0.5, 0.6) is 0 Å². The van der Waals surface area contributed by atoms with E-state index in [-0.39, 0.29) is 11.2 Å². The second-order valence-electron chi connectivity index (χ2n) is 7.03. The lowest BCUT2D eigenvalue weighted by molar-refractivity contribution is -0.120. The monoisotopic (exact) mass is 372 g/mol. The van der Waals surface area contributed by atoms with E-state index in [2.05, 4.69) is 39.6 Å². The first kappa shape index (κ1) is 19.0. The minimum Gasteiger partial charge on any atom is -0.355 e. The van der Waals surface area contributed by atoms with Crippen LogP contribution < -0.4 is 5.32 Å². The van der Waals surface area contributed by atoms with Crippen molar-refractivity contribution in [2.45, 2.75) is 62.8 Å². The highest BCUT2D eigenvalue weighted by molar-refractivity contribution is 8.00. The Balaban J connectivity index is 1.51. The van der Waals surface area contributed by atoms with Crippen molar-refractivity contribution >= 4 is 17.7 Å². The number of amides is 1. The zero-order valence-corrected chi connectivity index (χ0v) is 16.4. The molecule has 3 rings (SSSR count). The SMILES string of the molecule is CCc1ccc(-c2nc(S[C@@H](C)C(=O)NCC3CCCCC3)n[nH]2)cc1. The van der Waals surface area contributed by atoms with Gasteiger partial charge in [-0.05, 0) is 37.7 Å². The lowest BCUT2D eigenvalue weighted by Crippen LogP contribution is -2.35. The van der Waals surface area contributed by atoms with E-state index < -0.39 is 0 Å². The van der Waals surface area contributed by atoms with Gasteiger partial charge in [0, 0.05) is 12.1 Å². The summed E-state index contributed by atoms with van der Waals surface area (Å²) in [6.45, 7) is 4.85. The van der Waals surface area contributed by atoms with Crippen LogP contribution in [0, 0.1) is 5.92 Å². The van der Waals surface area contributed by atoms with Crippen LogP contribution in [0.25, 0.3) is 11.4 Å². The second-order valence-corrected chi connectivity index (χ2v) is 8.33. The Morgan fingerprint density at radius 1 is 1.27 bits per heavy atom. The molecule has 5 nitrogen and oxygen atoms in total.